The maximum atomic E-state index is 3.57. The summed E-state index contributed by atoms with van der Waals surface area (Å²) in [4.78, 5) is 2.57. The highest BCUT2D eigenvalue weighted by molar-refractivity contribution is 9.10. The van der Waals surface area contributed by atoms with Crippen LogP contribution in [0.1, 0.15) is 24.8 Å². The van der Waals surface area contributed by atoms with E-state index in [4.69, 9.17) is 0 Å². The third kappa shape index (κ3) is 4.41. The molecule has 2 nitrogen and oxygen atoms in total. The van der Waals surface area contributed by atoms with Crippen LogP contribution >= 0.6 is 15.9 Å². The van der Waals surface area contributed by atoms with E-state index in [1.54, 1.807) is 0 Å². The largest absolute Gasteiger partial charge is 0.311 e. The lowest BCUT2D eigenvalue weighted by atomic mass is 10.1. The molecule has 0 radical (unpaired) electrons. The van der Waals surface area contributed by atoms with Crippen LogP contribution in [0.25, 0.3) is 0 Å². The highest BCUT2D eigenvalue weighted by Crippen LogP contribution is 2.15. The Balaban J connectivity index is 1.64. The molecule has 0 spiro atoms. The second-order valence-electron chi connectivity index (χ2n) is 4.67. The summed E-state index contributed by atoms with van der Waals surface area (Å²) in [5.74, 6) is 0. The van der Waals surface area contributed by atoms with Crippen molar-refractivity contribution in [3.05, 3.63) is 34.3 Å². The van der Waals surface area contributed by atoms with E-state index >= 15 is 0 Å². The fourth-order valence-corrected chi connectivity index (χ4v) is 2.71. The van der Waals surface area contributed by atoms with Crippen molar-refractivity contribution in [1.29, 1.82) is 0 Å². The van der Waals surface area contributed by atoms with Gasteiger partial charge in [-0.05, 0) is 37.6 Å². The third-order valence-electron chi connectivity index (χ3n) is 3.33. The summed E-state index contributed by atoms with van der Waals surface area (Å²) in [5, 5.41) is 3.52. The maximum Gasteiger partial charge on any atom is 0.0220 e. The highest BCUT2D eigenvalue weighted by atomic mass is 79.9. The zero-order chi connectivity index (χ0) is 11.9. The van der Waals surface area contributed by atoms with Gasteiger partial charge in [0.2, 0.25) is 0 Å². The number of nitrogens with one attached hydrogen (secondary N) is 1. The van der Waals surface area contributed by atoms with Gasteiger partial charge in [-0.15, -0.1) is 0 Å². The highest BCUT2D eigenvalue weighted by Gasteiger charge is 2.08. The molecule has 1 heterocycles. The molecule has 0 aliphatic carbocycles. The minimum atomic E-state index is 0.954. The summed E-state index contributed by atoms with van der Waals surface area (Å²) in [6, 6.07) is 8.41. The molecule has 17 heavy (non-hydrogen) atoms. The Morgan fingerprint density at radius 1 is 1.12 bits per heavy atom. The summed E-state index contributed by atoms with van der Waals surface area (Å²) in [5.41, 5.74) is 1.34. The lowest BCUT2D eigenvalue weighted by Crippen LogP contribution is -2.35. The van der Waals surface area contributed by atoms with Crippen molar-refractivity contribution in [1.82, 2.24) is 10.2 Å². The average molecular weight is 297 g/mol. The first-order valence-corrected chi connectivity index (χ1v) is 7.32. The number of benzene rings is 1. The van der Waals surface area contributed by atoms with Crippen LogP contribution in [0.3, 0.4) is 0 Å². The van der Waals surface area contributed by atoms with Crippen LogP contribution < -0.4 is 5.32 Å². The minimum absolute atomic E-state index is 0.954. The Kier molecular flexibility index (Phi) is 5.49. The first-order chi connectivity index (χ1) is 8.36. The van der Waals surface area contributed by atoms with Gasteiger partial charge in [-0.1, -0.05) is 40.5 Å². The number of piperidine rings is 1. The van der Waals surface area contributed by atoms with Crippen LogP contribution in [0, 0.1) is 0 Å². The van der Waals surface area contributed by atoms with Crippen molar-refractivity contribution in [2.75, 3.05) is 26.2 Å². The summed E-state index contributed by atoms with van der Waals surface area (Å²) < 4.78 is 1.20. The molecule has 94 valence electrons. The van der Waals surface area contributed by atoms with Gasteiger partial charge in [0.15, 0.2) is 0 Å². The Labute approximate surface area is 113 Å². The predicted octanol–water partition coefficient (Wildman–Crippen LogP) is 3.02. The van der Waals surface area contributed by atoms with E-state index in [2.05, 4.69) is 50.4 Å². The molecule has 0 atom stereocenters. The van der Waals surface area contributed by atoms with Crippen molar-refractivity contribution in [2.24, 2.45) is 0 Å². The number of nitrogens with zero attached hydrogens (tertiary/aromatic N) is 1. The second kappa shape index (κ2) is 7.14. The van der Waals surface area contributed by atoms with Gasteiger partial charge in [-0.3, -0.25) is 0 Å². The average Bonchev–Trinajstić information content (AvgIpc) is 2.38. The van der Waals surface area contributed by atoms with E-state index in [-0.39, 0.29) is 0 Å². The minimum Gasteiger partial charge on any atom is -0.311 e. The van der Waals surface area contributed by atoms with Gasteiger partial charge in [-0.2, -0.15) is 0 Å². The van der Waals surface area contributed by atoms with E-state index in [0.29, 0.717) is 0 Å². The summed E-state index contributed by atoms with van der Waals surface area (Å²) >= 11 is 3.57. The van der Waals surface area contributed by atoms with Crippen LogP contribution in [0.4, 0.5) is 0 Å². The van der Waals surface area contributed by atoms with E-state index < -0.39 is 0 Å². The van der Waals surface area contributed by atoms with Crippen molar-refractivity contribution in [3.8, 4) is 0 Å². The number of rotatable bonds is 5. The molecular weight excluding hydrogens is 276 g/mol. The first kappa shape index (κ1) is 13.1. The molecule has 2 rings (SSSR count). The van der Waals surface area contributed by atoms with Gasteiger partial charge in [0.05, 0.1) is 0 Å². The van der Waals surface area contributed by atoms with Gasteiger partial charge in [0.25, 0.3) is 0 Å². The molecule has 0 aromatic heterocycles. The lowest BCUT2D eigenvalue weighted by molar-refractivity contribution is 0.229. The van der Waals surface area contributed by atoms with Crippen LogP contribution in [0.15, 0.2) is 28.7 Å². The van der Waals surface area contributed by atoms with Crippen LogP contribution in [0.5, 0.6) is 0 Å². The Hall–Kier alpha value is -0.380. The Morgan fingerprint density at radius 2 is 1.88 bits per heavy atom. The van der Waals surface area contributed by atoms with E-state index in [0.717, 1.165) is 13.1 Å². The van der Waals surface area contributed by atoms with Crippen molar-refractivity contribution < 1.29 is 0 Å². The SMILES string of the molecule is Brc1ccccc1CNCCN1CCCCC1. The molecule has 0 bridgehead atoms. The number of hydrogen-bond donors (Lipinski definition) is 1. The van der Waals surface area contributed by atoms with Gasteiger partial charge in [0, 0.05) is 24.1 Å². The maximum absolute atomic E-state index is 3.57. The molecular formula is C14H21BrN2. The zero-order valence-electron chi connectivity index (χ0n) is 10.3. The van der Waals surface area contributed by atoms with Crippen molar-refractivity contribution >= 4 is 15.9 Å². The first-order valence-electron chi connectivity index (χ1n) is 6.53. The molecule has 1 aliphatic heterocycles. The molecule has 1 aliphatic rings. The fourth-order valence-electron chi connectivity index (χ4n) is 2.28. The van der Waals surface area contributed by atoms with Crippen molar-refractivity contribution in [2.45, 2.75) is 25.8 Å². The smallest absolute Gasteiger partial charge is 0.0220 e. The predicted molar refractivity (Wildman–Crippen MR) is 76.1 cm³/mol. The van der Waals surface area contributed by atoms with Gasteiger partial charge >= 0.3 is 0 Å². The quantitative estimate of drug-likeness (QED) is 0.840. The number of hydrogen-bond acceptors (Lipinski definition) is 2. The monoisotopic (exact) mass is 296 g/mol. The fraction of sp³-hybridized carbons (Fsp3) is 0.571. The van der Waals surface area contributed by atoms with Gasteiger partial charge in [-0.25, -0.2) is 0 Å². The standard InChI is InChI=1S/C14H21BrN2/c15-14-7-3-2-6-13(14)12-16-8-11-17-9-4-1-5-10-17/h2-3,6-7,16H,1,4-5,8-12H2. The second-order valence-corrected chi connectivity index (χ2v) is 5.52. The van der Waals surface area contributed by atoms with Crippen molar-refractivity contribution in [3.63, 3.8) is 0 Å². The van der Waals surface area contributed by atoms with Crippen LogP contribution in [-0.4, -0.2) is 31.1 Å². The topological polar surface area (TPSA) is 15.3 Å². The molecule has 1 fully saturated rings. The van der Waals surface area contributed by atoms with Crippen LogP contribution in [-0.2, 0) is 6.54 Å². The molecule has 3 heteroatoms. The van der Waals surface area contributed by atoms with E-state index in [1.165, 1.54) is 48.9 Å². The normalized spacial score (nSPS) is 17.2. The molecule has 1 aromatic rings. The summed E-state index contributed by atoms with van der Waals surface area (Å²) in [6.07, 6.45) is 4.18. The van der Waals surface area contributed by atoms with Gasteiger partial charge in [0.1, 0.15) is 0 Å². The Bertz CT molecular complexity index is 335. The van der Waals surface area contributed by atoms with E-state index in [1.807, 2.05) is 0 Å². The molecule has 0 amide bonds. The summed E-state index contributed by atoms with van der Waals surface area (Å²) in [6.45, 7) is 5.80. The van der Waals surface area contributed by atoms with Crippen LogP contribution in [0.2, 0.25) is 0 Å². The molecule has 1 aromatic carbocycles. The molecule has 1 saturated heterocycles. The Morgan fingerprint density at radius 3 is 2.65 bits per heavy atom. The zero-order valence-corrected chi connectivity index (χ0v) is 11.9. The lowest BCUT2D eigenvalue weighted by Gasteiger charge is -2.26. The number of halogens is 1. The molecule has 1 N–H and O–H groups in total. The molecule has 0 saturated carbocycles. The molecule has 0 unspecified atom stereocenters. The summed E-state index contributed by atoms with van der Waals surface area (Å²) in [7, 11) is 0. The van der Waals surface area contributed by atoms with E-state index in [9.17, 15) is 0 Å². The third-order valence-corrected chi connectivity index (χ3v) is 4.10. The number of likely N-dealkylation sites (tertiary alicyclic amines) is 1. The van der Waals surface area contributed by atoms with Gasteiger partial charge < -0.3 is 10.2 Å².